The zero-order chi connectivity index (χ0) is 12.4. The highest BCUT2D eigenvalue weighted by Crippen LogP contribution is 2.33. The predicted octanol–water partition coefficient (Wildman–Crippen LogP) is 3.46. The summed E-state index contributed by atoms with van der Waals surface area (Å²) < 4.78 is 5.50. The van der Waals surface area contributed by atoms with Crippen molar-refractivity contribution in [2.45, 2.75) is 32.2 Å². The van der Waals surface area contributed by atoms with Gasteiger partial charge in [0.05, 0.1) is 12.2 Å². The normalized spacial score (nSPS) is 19.9. The summed E-state index contributed by atoms with van der Waals surface area (Å²) in [6.07, 6.45) is 5.48. The molecule has 1 aliphatic heterocycles. The lowest BCUT2D eigenvalue weighted by atomic mass is 9.95. The van der Waals surface area contributed by atoms with Crippen molar-refractivity contribution in [2.75, 3.05) is 6.54 Å². The first-order valence-electron chi connectivity index (χ1n) is 6.60. The molecule has 1 saturated heterocycles. The minimum absolute atomic E-state index is 0.316. The van der Waals surface area contributed by atoms with Crippen molar-refractivity contribution in [1.82, 2.24) is 10.5 Å². The fraction of sp³-hybridized carbons (Fsp3) is 0.400. The van der Waals surface area contributed by atoms with Crippen molar-refractivity contribution in [3.05, 3.63) is 41.8 Å². The summed E-state index contributed by atoms with van der Waals surface area (Å²) >= 11 is 0. The number of hydrogen-bond acceptors (Lipinski definition) is 3. The van der Waals surface area contributed by atoms with Gasteiger partial charge in [0.25, 0.3) is 0 Å². The second-order valence-electron chi connectivity index (χ2n) is 4.92. The van der Waals surface area contributed by atoms with Crippen LogP contribution in [0.25, 0.3) is 11.1 Å². The maximum Gasteiger partial charge on any atom is 0.161 e. The van der Waals surface area contributed by atoms with Crippen molar-refractivity contribution in [1.29, 1.82) is 0 Å². The molecule has 3 heteroatoms. The highest BCUT2D eigenvalue weighted by molar-refractivity contribution is 5.68. The summed E-state index contributed by atoms with van der Waals surface area (Å²) in [5, 5.41) is 7.52. The number of nitrogens with one attached hydrogen (secondary N) is 1. The molecule has 0 bridgehead atoms. The molecule has 1 fully saturated rings. The molecule has 1 unspecified atom stereocenters. The molecule has 1 aromatic heterocycles. The van der Waals surface area contributed by atoms with E-state index in [1.165, 1.54) is 24.0 Å². The van der Waals surface area contributed by atoms with E-state index in [4.69, 9.17) is 4.52 Å². The monoisotopic (exact) mass is 242 g/mol. The largest absolute Gasteiger partial charge is 0.359 e. The average molecular weight is 242 g/mol. The molecule has 2 aromatic rings. The summed E-state index contributed by atoms with van der Waals surface area (Å²) in [6, 6.07) is 8.70. The van der Waals surface area contributed by atoms with E-state index in [9.17, 15) is 0 Å². The Morgan fingerprint density at radius 3 is 2.89 bits per heavy atom. The Balaban J connectivity index is 1.98. The summed E-state index contributed by atoms with van der Waals surface area (Å²) in [5.74, 6) is 0.990. The summed E-state index contributed by atoms with van der Waals surface area (Å²) in [4.78, 5) is 0. The fourth-order valence-electron chi connectivity index (χ4n) is 2.65. The quantitative estimate of drug-likeness (QED) is 0.876. The van der Waals surface area contributed by atoms with Gasteiger partial charge in [-0.1, -0.05) is 35.8 Å². The number of piperidine rings is 1. The summed E-state index contributed by atoms with van der Waals surface area (Å²) in [5.41, 5.74) is 3.62. The van der Waals surface area contributed by atoms with Gasteiger partial charge in [0.2, 0.25) is 0 Å². The molecule has 18 heavy (non-hydrogen) atoms. The molecular weight excluding hydrogens is 224 g/mol. The zero-order valence-electron chi connectivity index (χ0n) is 10.6. The second-order valence-corrected chi connectivity index (χ2v) is 4.92. The van der Waals surface area contributed by atoms with Gasteiger partial charge in [0.1, 0.15) is 0 Å². The van der Waals surface area contributed by atoms with Gasteiger partial charge in [-0.2, -0.15) is 0 Å². The van der Waals surface area contributed by atoms with Gasteiger partial charge < -0.3 is 9.84 Å². The molecule has 0 spiro atoms. The molecule has 3 nitrogen and oxygen atoms in total. The first-order chi connectivity index (χ1) is 8.86. The van der Waals surface area contributed by atoms with E-state index in [-0.39, 0.29) is 0 Å². The second kappa shape index (κ2) is 4.94. The van der Waals surface area contributed by atoms with E-state index >= 15 is 0 Å². The maximum absolute atomic E-state index is 5.50. The molecule has 1 N–H and O–H groups in total. The van der Waals surface area contributed by atoms with Crippen LogP contribution in [0.5, 0.6) is 0 Å². The van der Waals surface area contributed by atoms with Gasteiger partial charge in [-0.3, -0.25) is 0 Å². The van der Waals surface area contributed by atoms with Crippen LogP contribution in [0.1, 0.15) is 36.6 Å². The van der Waals surface area contributed by atoms with Crippen molar-refractivity contribution >= 4 is 0 Å². The molecule has 0 radical (unpaired) electrons. The highest BCUT2D eigenvalue weighted by atomic mass is 16.5. The number of aryl methyl sites for hydroxylation is 1. The molecule has 1 atom stereocenters. The van der Waals surface area contributed by atoms with E-state index in [0.717, 1.165) is 24.3 Å². The van der Waals surface area contributed by atoms with E-state index in [0.29, 0.717) is 6.04 Å². The molecular formula is C15H18N2O. The number of aromatic nitrogens is 1. The Morgan fingerprint density at radius 1 is 1.22 bits per heavy atom. The fourth-order valence-corrected chi connectivity index (χ4v) is 2.65. The summed E-state index contributed by atoms with van der Waals surface area (Å²) in [7, 11) is 0. The smallest absolute Gasteiger partial charge is 0.161 e. The third-order valence-electron chi connectivity index (χ3n) is 3.66. The molecule has 1 aliphatic rings. The molecule has 2 heterocycles. The SMILES string of the molecule is Cc1ccccc1-c1cnoc1C1CCCCN1. The van der Waals surface area contributed by atoms with Crippen LogP contribution in [-0.4, -0.2) is 11.7 Å². The van der Waals surface area contributed by atoms with Crippen LogP contribution >= 0.6 is 0 Å². The van der Waals surface area contributed by atoms with Crippen molar-refractivity contribution in [3.8, 4) is 11.1 Å². The Kier molecular flexibility index (Phi) is 3.15. The number of benzene rings is 1. The van der Waals surface area contributed by atoms with Gasteiger partial charge in [0.15, 0.2) is 5.76 Å². The minimum Gasteiger partial charge on any atom is -0.359 e. The molecule has 0 amide bonds. The highest BCUT2D eigenvalue weighted by Gasteiger charge is 2.23. The van der Waals surface area contributed by atoms with Gasteiger partial charge >= 0.3 is 0 Å². The van der Waals surface area contributed by atoms with Crippen molar-refractivity contribution in [2.24, 2.45) is 0 Å². The van der Waals surface area contributed by atoms with Gasteiger partial charge in [-0.15, -0.1) is 0 Å². The molecule has 94 valence electrons. The Labute approximate surface area is 107 Å². The van der Waals surface area contributed by atoms with Crippen LogP contribution < -0.4 is 5.32 Å². The third-order valence-corrected chi connectivity index (χ3v) is 3.66. The maximum atomic E-state index is 5.50. The first-order valence-corrected chi connectivity index (χ1v) is 6.60. The molecule has 1 aromatic carbocycles. The number of hydrogen-bond donors (Lipinski definition) is 1. The lowest BCUT2D eigenvalue weighted by molar-refractivity contribution is 0.306. The van der Waals surface area contributed by atoms with Gasteiger partial charge in [-0.25, -0.2) is 0 Å². The molecule has 3 rings (SSSR count). The van der Waals surface area contributed by atoms with Crippen LogP contribution in [0, 0.1) is 6.92 Å². The van der Waals surface area contributed by atoms with Gasteiger partial charge in [0, 0.05) is 5.56 Å². The Bertz CT molecular complexity index is 527. The van der Waals surface area contributed by atoms with E-state index in [1.807, 2.05) is 6.20 Å². The third kappa shape index (κ3) is 2.06. The Hall–Kier alpha value is -1.61. The minimum atomic E-state index is 0.316. The zero-order valence-corrected chi connectivity index (χ0v) is 10.6. The lowest BCUT2D eigenvalue weighted by Gasteiger charge is -2.22. The van der Waals surface area contributed by atoms with Crippen molar-refractivity contribution in [3.63, 3.8) is 0 Å². The van der Waals surface area contributed by atoms with E-state index < -0.39 is 0 Å². The molecule has 0 saturated carbocycles. The summed E-state index contributed by atoms with van der Waals surface area (Å²) in [6.45, 7) is 3.19. The Morgan fingerprint density at radius 2 is 2.11 bits per heavy atom. The van der Waals surface area contributed by atoms with E-state index in [1.54, 1.807) is 0 Å². The van der Waals surface area contributed by atoms with Gasteiger partial charge in [-0.05, 0) is 37.4 Å². The standard InChI is InChI=1S/C15H18N2O/c1-11-6-2-3-7-12(11)13-10-17-18-15(13)14-8-4-5-9-16-14/h2-3,6-7,10,14,16H,4-5,8-9H2,1H3. The van der Waals surface area contributed by atoms with Crippen LogP contribution in [0.2, 0.25) is 0 Å². The predicted molar refractivity (Wildman–Crippen MR) is 71.3 cm³/mol. The van der Waals surface area contributed by atoms with Crippen LogP contribution in [-0.2, 0) is 0 Å². The van der Waals surface area contributed by atoms with Crippen LogP contribution in [0.15, 0.2) is 35.0 Å². The van der Waals surface area contributed by atoms with Crippen LogP contribution in [0.3, 0.4) is 0 Å². The van der Waals surface area contributed by atoms with Crippen molar-refractivity contribution < 1.29 is 4.52 Å². The molecule has 0 aliphatic carbocycles. The average Bonchev–Trinajstić information content (AvgIpc) is 2.89. The lowest BCUT2D eigenvalue weighted by Crippen LogP contribution is -2.26. The van der Waals surface area contributed by atoms with Crippen LogP contribution in [0.4, 0.5) is 0 Å². The number of rotatable bonds is 2. The number of nitrogens with zero attached hydrogens (tertiary/aromatic N) is 1. The van der Waals surface area contributed by atoms with E-state index in [2.05, 4.69) is 41.7 Å². The topological polar surface area (TPSA) is 38.1 Å². The first kappa shape index (κ1) is 11.5.